The van der Waals surface area contributed by atoms with Gasteiger partial charge in [0.2, 0.25) is 0 Å². The van der Waals surface area contributed by atoms with Crippen molar-refractivity contribution in [1.82, 2.24) is 5.43 Å². The number of ether oxygens (including phenoxy) is 2. The first kappa shape index (κ1) is 11.8. The molecule has 1 rings (SSSR count). The van der Waals surface area contributed by atoms with Crippen LogP contribution >= 0.6 is 0 Å². The van der Waals surface area contributed by atoms with E-state index in [0.29, 0.717) is 17.1 Å². The minimum atomic E-state index is -0.698. The lowest BCUT2D eigenvalue weighted by molar-refractivity contribution is 0.171. The van der Waals surface area contributed by atoms with Crippen molar-refractivity contribution in [3.8, 4) is 11.5 Å². The van der Waals surface area contributed by atoms with Crippen LogP contribution in [0.3, 0.4) is 0 Å². The molecule has 5 nitrogen and oxygen atoms in total. The number of aliphatic hydroxyl groups is 1. The van der Waals surface area contributed by atoms with Crippen molar-refractivity contribution in [2.24, 2.45) is 5.84 Å². The first-order valence-electron chi connectivity index (χ1n) is 4.56. The monoisotopic (exact) mass is 212 g/mol. The molecule has 1 aromatic rings. The van der Waals surface area contributed by atoms with Crippen molar-refractivity contribution in [3.05, 3.63) is 23.8 Å². The van der Waals surface area contributed by atoms with Gasteiger partial charge in [0.15, 0.2) is 0 Å². The largest absolute Gasteiger partial charge is 0.497 e. The maximum atomic E-state index is 9.73. The number of hydrazine groups is 1. The molecule has 0 saturated carbocycles. The summed E-state index contributed by atoms with van der Waals surface area (Å²) in [5, 5.41) is 9.73. The van der Waals surface area contributed by atoms with E-state index in [2.05, 4.69) is 5.43 Å². The van der Waals surface area contributed by atoms with Crippen LogP contribution in [0.25, 0.3) is 0 Å². The third kappa shape index (κ3) is 2.82. The second kappa shape index (κ2) is 5.55. The van der Waals surface area contributed by atoms with Crippen molar-refractivity contribution in [2.45, 2.75) is 6.10 Å². The molecule has 0 saturated heterocycles. The van der Waals surface area contributed by atoms with Gasteiger partial charge in [0.05, 0.1) is 20.3 Å². The van der Waals surface area contributed by atoms with E-state index >= 15 is 0 Å². The zero-order valence-corrected chi connectivity index (χ0v) is 8.86. The van der Waals surface area contributed by atoms with Gasteiger partial charge in [-0.1, -0.05) is 0 Å². The number of benzene rings is 1. The molecular weight excluding hydrogens is 196 g/mol. The fourth-order valence-electron chi connectivity index (χ4n) is 1.32. The van der Waals surface area contributed by atoms with Crippen LogP contribution in [-0.2, 0) is 0 Å². The Morgan fingerprint density at radius 3 is 2.67 bits per heavy atom. The second-order valence-electron chi connectivity index (χ2n) is 3.03. The zero-order chi connectivity index (χ0) is 11.3. The van der Waals surface area contributed by atoms with Crippen molar-refractivity contribution in [2.75, 3.05) is 20.8 Å². The molecule has 0 bridgehead atoms. The highest BCUT2D eigenvalue weighted by atomic mass is 16.5. The van der Waals surface area contributed by atoms with Gasteiger partial charge in [0.1, 0.15) is 11.5 Å². The Labute approximate surface area is 88.8 Å². The Balaban J connectivity index is 2.96. The molecule has 0 fully saturated rings. The van der Waals surface area contributed by atoms with Gasteiger partial charge < -0.3 is 14.6 Å². The summed E-state index contributed by atoms with van der Waals surface area (Å²) in [4.78, 5) is 0. The topological polar surface area (TPSA) is 76.7 Å². The Morgan fingerprint density at radius 2 is 2.13 bits per heavy atom. The minimum absolute atomic E-state index is 0.267. The lowest BCUT2D eigenvalue weighted by atomic mass is 10.1. The fraction of sp³-hybridized carbons (Fsp3) is 0.400. The first-order chi connectivity index (χ1) is 7.22. The van der Waals surface area contributed by atoms with Gasteiger partial charge in [-0.15, -0.1) is 0 Å². The lowest BCUT2D eigenvalue weighted by Crippen LogP contribution is -2.27. The normalized spacial score (nSPS) is 12.3. The van der Waals surface area contributed by atoms with E-state index in [1.165, 1.54) is 0 Å². The number of hydrogen-bond donors (Lipinski definition) is 3. The van der Waals surface area contributed by atoms with Crippen molar-refractivity contribution in [3.63, 3.8) is 0 Å². The van der Waals surface area contributed by atoms with E-state index in [-0.39, 0.29) is 6.54 Å². The minimum Gasteiger partial charge on any atom is -0.497 e. The number of methoxy groups -OCH3 is 2. The number of nitrogens with two attached hydrogens (primary N) is 1. The summed E-state index contributed by atoms with van der Waals surface area (Å²) in [5.74, 6) is 6.40. The van der Waals surface area contributed by atoms with E-state index in [0.717, 1.165) is 0 Å². The van der Waals surface area contributed by atoms with Gasteiger partial charge in [-0.3, -0.25) is 11.3 Å². The summed E-state index contributed by atoms with van der Waals surface area (Å²) in [6.45, 7) is 0.267. The third-order valence-electron chi connectivity index (χ3n) is 2.11. The highest BCUT2D eigenvalue weighted by molar-refractivity contribution is 5.42. The highest BCUT2D eigenvalue weighted by Crippen LogP contribution is 2.28. The van der Waals surface area contributed by atoms with Gasteiger partial charge in [0.25, 0.3) is 0 Å². The van der Waals surface area contributed by atoms with Gasteiger partial charge in [-0.05, 0) is 12.1 Å². The maximum Gasteiger partial charge on any atom is 0.128 e. The van der Waals surface area contributed by atoms with Crippen molar-refractivity contribution in [1.29, 1.82) is 0 Å². The smallest absolute Gasteiger partial charge is 0.128 e. The Morgan fingerprint density at radius 1 is 1.40 bits per heavy atom. The van der Waals surface area contributed by atoms with Gasteiger partial charge in [0, 0.05) is 18.2 Å². The number of rotatable bonds is 5. The highest BCUT2D eigenvalue weighted by Gasteiger charge is 2.13. The molecule has 4 N–H and O–H groups in total. The SMILES string of the molecule is COc1ccc(C(O)CNN)c(OC)c1. The molecule has 5 heteroatoms. The van der Waals surface area contributed by atoms with E-state index in [4.69, 9.17) is 15.3 Å². The molecule has 0 radical (unpaired) electrons. The van der Waals surface area contributed by atoms with Crippen LogP contribution in [0.5, 0.6) is 11.5 Å². The molecule has 1 aromatic carbocycles. The predicted octanol–water partition coefficient (Wildman–Crippen LogP) is 0.200. The van der Waals surface area contributed by atoms with Crippen molar-refractivity contribution < 1.29 is 14.6 Å². The molecular formula is C10H16N2O3. The van der Waals surface area contributed by atoms with Crippen LogP contribution in [0.1, 0.15) is 11.7 Å². The van der Waals surface area contributed by atoms with E-state index in [1.54, 1.807) is 32.4 Å². The lowest BCUT2D eigenvalue weighted by Gasteiger charge is -2.15. The quantitative estimate of drug-likeness (QED) is 0.480. The molecule has 0 aliphatic rings. The van der Waals surface area contributed by atoms with Crippen LogP contribution in [-0.4, -0.2) is 25.9 Å². The van der Waals surface area contributed by atoms with Crippen molar-refractivity contribution >= 4 is 0 Å². The Hall–Kier alpha value is -1.30. The number of nitrogens with one attached hydrogen (secondary N) is 1. The number of aliphatic hydroxyl groups excluding tert-OH is 1. The first-order valence-corrected chi connectivity index (χ1v) is 4.56. The molecule has 0 heterocycles. The van der Waals surface area contributed by atoms with Gasteiger partial charge in [-0.2, -0.15) is 0 Å². The van der Waals surface area contributed by atoms with E-state index in [1.807, 2.05) is 0 Å². The van der Waals surface area contributed by atoms with Crippen LogP contribution in [0.4, 0.5) is 0 Å². The second-order valence-corrected chi connectivity index (χ2v) is 3.03. The Bertz CT molecular complexity index is 318. The van der Waals surface area contributed by atoms with Gasteiger partial charge in [-0.25, -0.2) is 0 Å². The van der Waals surface area contributed by atoms with E-state index in [9.17, 15) is 5.11 Å². The molecule has 1 atom stereocenters. The molecule has 1 unspecified atom stereocenters. The number of hydrogen-bond acceptors (Lipinski definition) is 5. The molecule has 0 aromatic heterocycles. The summed E-state index contributed by atoms with van der Waals surface area (Å²) in [7, 11) is 3.12. The zero-order valence-electron chi connectivity index (χ0n) is 8.86. The molecule has 0 aliphatic carbocycles. The summed E-state index contributed by atoms with van der Waals surface area (Å²) in [5.41, 5.74) is 3.09. The summed E-state index contributed by atoms with van der Waals surface area (Å²) in [6, 6.07) is 5.23. The predicted molar refractivity (Wildman–Crippen MR) is 56.7 cm³/mol. The van der Waals surface area contributed by atoms with Crippen LogP contribution in [0.2, 0.25) is 0 Å². The average molecular weight is 212 g/mol. The van der Waals surface area contributed by atoms with E-state index < -0.39 is 6.10 Å². The maximum absolute atomic E-state index is 9.73. The molecule has 15 heavy (non-hydrogen) atoms. The summed E-state index contributed by atoms with van der Waals surface area (Å²) in [6.07, 6.45) is -0.698. The molecule has 0 spiro atoms. The third-order valence-corrected chi connectivity index (χ3v) is 2.11. The van der Waals surface area contributed by atoms with Crippen LogP contribution in [0.15, 0.2) is 18.2 Å². The fourth-order valence-corrected chi connectivity index (χ4v) is 1.32. The van der Waals surface area contributed by atoms with Crippen LogP contribution < -0.4 is 20.7 Å². The van der Waals surface area contributed by atoms with Crippen LogP contribution in [0, 0.1) is 0 Å². The molecule has 0 aliphatic heterocycles. The summed E-state index contributed by atoms with van der Waals surface area (Å²) < 4.78 is 10.2. The van der Waals surface area contributed by atoms with Gasteiger partial charge >= 0.3 is 0 Å². The summed E-state index contributed by atoms with van der Waals surface area (Å²) >= 11 is 0. The molecule has 0 amide bonds. The molecule has 84 valence electrons. The average Bonchev–Trinajstić information content (AvgIpc) is 2.28. The Kier molecular flexibility index (Phi) is 4.36. The standard InChI is InChI=1S/C10H16N2O3/c1-14-7-3-4-8(9(13)6-12-11)10(5-7)15-2/h3-5,9,12-13H,6,11H2,1-2H3.